The summed E-state index contributed by atoms with van der Waals surface area (Å²) in [4.78, 5) is 25.8. The SMILES string of the molecule is CC1(C)C(=O)Nc2nc(-c3nc(Cc4cccc(F)c4F)n4cc(Cl)ccc34)nc(N)c21. The molecule has 4 aromatic rings. The molecule has 4 heterocycles. The molecule has 7 nitrogen and oxygen atoms in total. The van der Waals surface area contributed by atoms with Crippen molar-refractivity contribution in [3.8, 4) is 11.5 Å². The second-order valence-corrected chi connectivity index (χ2v) is 8.54. The Bertz CT molecular complexity index is 1430. The predicted octanol–water partition coefficient (Wildman–Crippen LogP) is 4.13. The summed E-state index contributed by atoms with van der Waals surface area (Å²) in [5, 5.41) is 3.18. The monoisotopic (exact) mass is 454 g/mol. The number of fused-ring (bicyclic) bond motifs is 2. The van der Waals surface area contributed by atoms with Crippen LogP contribution in [0.15, 0.2) is 36.5 Å². The molecule has 0 saturated carbocycles. The lowest BCUT2D eigenvalue weighted by atomic mass is 9.87. The number of rotatable bonds is 3. The Hall–Kier alpha value is -3.59. The van der Waals surface area contributed by atoms with Gasteiger partial charge in [-0.25, -0.2) is 23.7 Å². The first-order valence-corrected chi connectivity index (χ1v) is 10.1. The third-order valence-corrected chi connectivity index (χ3v) is 5.85. The normalized spacial score (nSPS) is 14.6. The molecule has 0 bridgehead atoms. The fourth-order valence-electron chi connectivity index (χ4n) is 3.93. The van der Waals surface area contributed by atoms with Gasteiger partial charge >= 0.3 is 0 Å². The van der Waals surface area contributed by atoms with Gasteiger partial charge in [0.2, 0.25) is 5.91 Å². The fourth-order valence-corrected chi connectivity index (χ4v) is 4.09. The number of halogens is 3. The Morgan fingerprint density at radius 1 is 1.16 bits per heavy atom. The Labute approximate surface area is 186 Å². The van der Waals surface area contributed by atoms with Crippen LogP contribution in [-0.2, 0) is 16.6 Å². The van der Waals surface area contributed by atoms with Crippen LogP contribution in [0.4, 0.5) is 20.4 Å². The van der Waals surface area contributed by atoms with Crippen LogP contribution in [0.3, 0.4) is 0 Å². The lowest BCUT2D eigenvalue weighted by Crippen LogP contribution is -2.27. The van der Waals surface area contributed by atoms with Gasteiger partial charge in [-0.15, -0.1) is 0 Å². The van der Waals surface area contributed by atoms with Crippen molar-refractivity contribution in [2.75, 3.05) is 11.1 Å². The highest BCUT2D eigenvalue weighted by atomic mass is 35.5. The second-order valence-electron chi connectivity index (χ2n) is 8.10. The molecule has 0 unspecified atom stereocenters. The molecule has 1 aliphatic rings. The van der Waals surface area contributed by atoms with Crippen molar-refractivity contribution in [2.45, 2.75) is 25.7 Å². The van der Waals surface area contributed by atoms with Crippen LogP contribution in [0.1, 0.15) is 30.8 Å². The van der Waals surface area contributed by atoms with Crippen LogP contribution in [0, 0.1) is 11.6 Å². The molecule has 3 aromatic heterocycles. The van der Waals surface area contributed by atoms with Crippen LogP contribution in [-0.4, -0.2) is 25.3 Å². The molecule has 0 radical (unpaired) electrons. The number of carbonyl (C=O) groups is 1. The van der Waals surface area contributed by atoms with Crippen LogP contribution >= 0.6 is 11.6 Å². The van der Waals surface area contributed by atoms with Gasteiger partial charge in [0.15, 0.2) is 17.5 Å². The van der Waals surface area contributed by atoms with E-state index in [9.17, 15) is 13.6 Å². The van der Waals surface area contributed by atoms with Crippen molar-refractivity contribution < 1.29 is 13.6 Å². The highest BCUT2D eigenvalue weighted by molar-refractivity contribution is 6.30. The summed E-state index contributed by atoms with van der Waals surface area (Å²) in [5.74, 6) is -0.990. The standard InChI is InChI=1S/C22H17ClF2N6O/c1-22(2)15-18(26)28-20(29-19(15)30-21(22)32)17-13-7-6-11(23)9-31(13)14(27-17)8-10-4-3-5-12(24)16(10)25/h3-7,9H,8H2,1-2H3,(H3,26,28,29,30,32). The molecule has 1 aliphatic heterocycles. The molecule has 162 valence electrons. The van der Waals surface area contributed by atoms with E-state index in [0.717, 1.165) is 6.07 Å². The molecule has 1 amide bonds. The van der Waals surface area contributed by atoms with Crippen molar-refractivity contribution in [3.05, 3.63) is 70.1 Å². The molecular formula is C22H17ClF2N6O. The van der Waals surface area contributed by atoms with E-state index in [4.69, 9.17) is 17.3 Å². The van der Waals surface area contributed by atoms with Gasteiger partial charge in [-0.1, -0.05) is 23.7 Å². The van der Waals surface area contributed by atoms with Gasteiger partial charge in [-0.2, -0.15) is 0 Å². The first-order chi connectivity index (χ1) is 15.2. The van der Waals surface area contributed by atoms with E-state index in [1.54, 1.807) is 36.6 Å². The average Bonchev–Trinajstić information content (AvgIpc) is 3.19. The summed E-state index contributed by atoms with van der Waals surface area (Å²) in [5.41, 5.74) is 6.98. The number of hydrogen-bond acceptors (Lipinski definition) is 5. The quantitative estimate of drug-likeness (QED) is 0.485. The molecule has 0 fully saturated rings. The van der Waals surface area contributed by atoms with Gasteiger partial charge in [-0.05, 0) is 37.6 Å². The zero-order valence-electron chi connectivity index (χ0n) is 17.1. The molecular weight excluding hydrogens is 438 g/mol. The van der Waals surface area contributed by atoms with Crippen molar-refractivity contribution in [3.63, 3.8) is 0 Å². The van der Waals surface area contributed by atoms with Crippen molar-refractivity contribution in [2.24, 2.45) is 0 Å². The molecule has 0 atom stereocenters. The number of anilines is 2. The number of benzene rings is 1. The van der Waals surface area contributed by atoms with Crippen molar-refractivity contribution in [1.29, 1.82) is 0 Å². The number of nitrogen functional groups attached to an aromatic ring is 1. The zero-order chi connectivity index (χ0) is 22.8. The largest absolute Gasteiger partial charge is 0.383 e. The van der Waals surface area contributed by atoms with Crippen LogP contribution in [0.25, 0.3) is 17.0 Å². The van der Waals surface area contributed by atoms with Crippen molar-refractivity contribution >= 4 is 34.7 Å². The van der Waals surface area contributed by atoms with Gasteiger partial charge in [0.1, 0.15) is 23.2 Å². The van der Waals surface area contributed by atoms with Crippen LogP contribution < -0.4 is 11.1 Å². The van der Waals surface area contributed by atoms with Crippen LogP contribution in [0.2, 0.25) is 5.02 Å². The van der Waals surface area contributed by atoms with Gasteiger partial charge in [0.05, 0.1) is 21.5 Å². The minimum Gasteiger partial charge on any atom is -0.383 e. The lowest BCUT2D eigenvalue weighted by Gasteiger charge is -2.16. The van der Waals surface area contributed by atoms with Crippen LogP contribution in [0.5, 0.6) is 0 Å². The average molecular weight is 455 g/mol. The first-order valence-electron chi connectivity index (χ1n) is 9.76. The van der Waals surface area contributed by atoms with E-state index in [1.807, 2.05) is 0 Å². The molecule has 0 spiro atoms. The van der Waals surface area contributed by atoms with Crippen molar-refractivity contribution in [1.82, 2.24) is 19.4 Å². The van der Waals surface area contributed by atoms with Gasteiger partial charge in [-0.3, -0.25) is 4.79 Å². The third kappa shape index (κ3) is 3.00. The Kier molecular flexibility index (Phi) is 4.42. The van der Waals surface area contributed by atoms with E-state index < -0.39 is 17.0 Å². The second kappa shape index (κ2) is 6.96. The maximum absolute atomic E-state index is 14.3. The fraction of sp³-hybridized carbons (Fsp3) is 0.182. The molecule has 0 aliphatic carbocycles. The van der Waals surface area contributed by atoms with Gasteiger partial charge < -0.3 is 15.5 Å². The molecule has 0 saturated heterocycles. The molecule has 10 heteroatoms. The number of pyridine rings is 1. The van der Waals surface area contributed by atoms with E-state index >= 15 is 0 Å². The third-order valence-electron chi connectivity index (χ3n) is 5.63. The summed E-state index contributed by atoms with van der Waals surface area (Å²) in [6, 6.07) is 7.39. The number of aromatic nitrogens is 4. The molecule has 5 rings (SSSR count). The topological polar surface area (TPSA) is 98.2 Å². The summed E-state index contributed by atoms with van der Waals surface area (Å²) in [6.45, 7) is 3.49. The smallest absolute Gasteiger partial charge is 0.235 e. The van der Waals surface area contributed by atoms with E-state index in [0.29, 0.717) is 33.4 Å². The van der Waals surface area contributed by atoms with Gasteiger partial charge in [0, 0.05) is 12.6 Å². The predicted molar refractivity (Wildman–Crippen MR) is 116 cm³/mol. The number of nitrogens with two attached hydrogens (primary N) is 1. The molecule has 3 N–H and O–H groups in total. The summed E-state index contributed by atoms with van der Waals surface area (Å²) < 4.78 is 29.7. The number of nitrogens with zero attached hydrogens (tertiary/aromatic N) is 4. The Morgan fingerprint density at radius 2 is 1.94 bits per heavy atom. The Balaban J connectivity index is 1.68. The Morgan fingerprint density at radius 3 is 2.72 bits per heavy atom. The molecule has 1 aromatic carbocycles. The lowest BCUT2D eigenvalue weighted by molar-refractivity contribution is -0.119. The maximum Gasteiger partial charge on any atom is 0.235 e. The van der Waals surface area contributed by atoms with E-state index in [-0.39, 0.29) is 29.5 Å². The van der Waals surface area contributed by atoms with E-state index in [1.165, 1.54) is 12.1 Å². The summed E-state index contributed by atoms with van der Waals surface area (Å²) in [6.07, 6.45) is 1.64. The number of nitrogens with one attached hydrogen (secondary N) is 1. The van der Waals surface area contributed by atoms with Gasteiger partial charge in [0.25, 0.3) is 0 Å². The number of amides is 1. The number of imidazole rings is 1. The summed E-state index contributed by atoms with van der Waals surface area (Å²) >= 11 is 6.17. The summed E-state index contributed by atoms with van der Waals surface area (Å²) in [7, 11) is 0. The highest BCUT2D eigenvalue weighted by Crippen LogP contribution is 2.40. The molecule has 32 heavy (non-hydrogen) atoms. The zero-order valence-corrected chi connectivity index (χ0v) is 17.8. The minimum atomic E-state index is -0.935. The maximum atomic E-state index is 14.3. The minimum absolute atomic E-state index is 0.00922. The first kappa shape index (κ1) is 20.3. The van der Waals surface area contributed by atoms with E-state index in [2.05, 4.69) is 20.3 Å². The number of hydrogen-bond donors (Lipinski definition) is 2. The highest BCUT2D eigenvalue weighted by Gasteiger charge is 2.42. The number of carbonyl (C=O) groups excluding carboxylic acids is 1.